The van der Waals surface area contributed by atoms with Gasteiger partial charge in [-0.05, 0) is 73.9 Å². The van der Waals surface area contributed by atoms with Crippen molar-refractivity contribution in [3.05, 3.63) is 70.8 Å². The zero-order valence-corrected chi connectivity index (χ0v) is 19.5. The van der Waals surface area contributed by atoms with Gasteiger partial charge in [0.25, 0.3) is 5.91 Å². The predicted octanol–water partition coefficient (Wildman–Crippen LogP) is 3.53. The van der Waals surface area contributed by atoms with Crippen LogP contribution in [0.15, 0.2) is 42.5 Å². The quantitative estimate of drug-likeness (QED) is 0.546. The molecular formula is C27H28FN5O2. The summed E-state index contributed by atoms with van der Waals surface area (Å²) >= 11 is 0. The van der Waals surface area contributed by atoms with Crippen LogP contribution in [0.5, 0.6) is 0 Å². The Kier molecular flexibility index (Phi) is 6.37. The van der Waals surface area contributed by atoms with E-state index in [0.717, 1.165) is 12.1 Å². The normalized spacial score (nSPS) is 17.5. The Balaban J connectivity index is 1.67. The lowest BCUT2D eigenvalue weighted by Crippen LogP contribution is -2.32. The van der Waals surface area contributed by atoms with Crippen molar-refractivity contribution >= 4 is 5.91 Å². The monoisotopic (exact) mass is 473 g/mol. The largest absolute Gasteiger partial charge is 0.396 e. The average Bonchev–Trinajstić information content (AvgIpc) is 3.52. The molecule has 3 aromatic rings. The summed E-state index contributed by atoms with van der Waals surface area (Å²) in [5.74, 6) is 0.171. The van der Waals surface area contributed by atoms with Crippen LogP contribution in [0, 0.1) is 17.1 Å². The van der Waals surface area contributed by atoms with E-state index in [1.807, 2.05) is 22.8 Å². The summed E-state index contributed by atoms with van der Waals surface area (Å²) in [4.78, 5) is 20.0. The van der Waals surface area contributed by atoms with E-state index in [4.69, 9.17) is 16.0 Å². The number of amides is 1. The van der Waals surface area contributed by atoms with Gasteiger partial charge in [-0.1, -0.05) is 12.1 Å². The molecule has 1 aromatic heterocycles. The van der Waals surface area contributed by atoms with Gasteiger partial charge in [-0.2, -0.15) is 5.26 Å². The van der Waals surface area contributed by atoms with Crippen LogP contribution in [0.25, 0.3) is 17.1 Å². The number of likely N-dealkylation sites (tertiary alicyclic amines) is 1. The van der Waals surface area contributed by atoms with Gasteiger partial charge in [0.1, 0.15) is 17.7 Å². The number of aliphatic hydroxyl groups is 1. The van der Waals surface area contributed by atoms with Crippen LogP contribution in [0.4, 0.5) is 4.39 Å². The van der Waals surface area contributed by atoms with Crippen molar-refractivity contribution in [3.63, 3.8) is 0 Å². The molecule has 8 heteroatoms. The molecule has 1 aliphatic heterocycles. The molecule has 2 heterocycles. The summed E-state index contributed by atoms with van der Waals surface area (Å²) in [6.07, 6.45) is 3.99. The Hall–Kier alpha value is -3.54. The van der Waals surface area contributed by atoms with E-state index in [0.29, 0.717) is 54.6 Å². The van der Waals surface area contributed by atoms with Gasteiger partial charge >= 0.3 is 0 Å². The highest BCUT2D eigenvalue weighted by molar-refractivity contribution is 5.95. The zero-order valence-electron chi connectivity index (χ0n) is 19.5. The third kappa shape index (κ3) is 4.57. The zero-order chi connectivity index (χ0) is 24.5. The maximum Gasteiger partial charge on any atom is 0.274 e. The molecular weight excluding hydrogens is 445 g/mol. The third-order valence-electron chi connectivity index (χ3n) is 6.81. The number of imidazole rings is 1. The van der Waals surface area contributed by atoms with Crippen LogP contribution < -0.4 is 5.73 Å². The van der Waals surface area contributed by atoms with Crippen molar-refractivity contribution < 1.29 is 14.3 Å². The first-order valence-electron chi connectivity index (χ1n) is 12.1. The fourth-order valence-corrected chi connectivity index (χ4v) is 4.75. The summed E-state index contributed by atoms with van der Waals surface area (Å²) in [5, 5.41) is 18.7. The second-order valence-electron chi connectivity index (χ2n) is 9.37. The first-order valence-corrected chi connectivity index (χ1v) is 12.1. The lowest BCUT2D eigenvalue weighted by Gasteiger charge is -2.17. The van der Waals surface area contributed by atoms with Gasteiger partial charge in [0.2, 0.25) is 0 Å². The average molecular weight is 474 g/mol. The highest BCUT2D eigenvalue weighted by atomic mass is 19.1. The van der Waals surface area contributed by atoms with Crippen molar-refractivity contribution in [2.45, 2.75) is 44.1 Å². The SMILES string of the molecule is N#Cc1ccc(-c2nc(C(=O)N3CC[C@H](N)C3)c(CCCO)n2-c2ccc(C3CC3)cc2)cc1F. The fraction of sp³-hybridized carbons (Fsp3) is 0.370. The van der Waals surface area contributed by atoms with E-state index >= 15 is 0 Å². The van der Waals surface area contributed by atoms with Crippen molar-refractivity contribution in [3.8, 4) is 23.1 Å². The van der Waals surface area contributed by atoms with E-state index in [9.17, 15) is 14.3 Å². The topological polar surface area (TPSA) is 108 Å². The molecule has 0 spiro atoms. The van der Waals surface area contributed by atoms with Crippen LogP contribution in [0.1, 0.15) is 58.9 Å². The molecule has 180 valence electrons. The number of carbonyl (C=O) groups is 1. The van der Waals surface area contributed by atoms with Gasteiger partial charge in [0, 0.05) is 37.0 Å². The molecule has 2 aliphatic rings. The Morgan fingerprint density at radius 2 is 1.97 bits per heavy atom. The summed E-state index contributed by atoms with van der Waals surface area (Å²) in [6.45, 7) is 0.986. The van der Waals surface area contributed by atoms with Crippen molar-refractivity contribution in [1.82, 2.24) is 14.5 Å². The van der Waals surface area contributed by atoms with Crippen molar-refractivity contribution in [2.24, 2.45) is 5.73 Å². The van der Waals surface area contributed by atoms with Crippen molar-refractivity contribution in [1.29, 1.82) is 5.26 Å². The van der Waals surface area contributed by atoms with Gasteiger partial charge in [-0.3, -0.25) is 9.36 Å². The molecule has 1 saturated heterocycles. The Labute approximate surface area is 203 Å². The molecule has 0 unspecified atom stereocenters. The lowest BCUT2D eigenvalue weighted by molar-refractivity contribution is 0.0784. The number of rotatable bonds is 7. The van der Waals surface area contributed by atoms with Gasteiger partial charge in [-0.15, -0.1) is 0 Å². The summed E-state index contributed by atoms with van der Waals surface area (Å²) in [6, 6.07) is 14.3. The second-order valence-corrected chi connectivity index (χ2v) is 9.37. The molecule has 2 aromatic carbocycles. The standard InChI is InChI=1S/C27H28FN5O2/c28-23-14-19(5-6-20(23)15-29)26-31-25(27(35)32-12-11-21(30)16-32)24(2-1-13-34)33(26)22-9-7-18(8-10-22)17-3-4-17/h5-10,14,17,21,34H,1-4,11-13,16,30H2/t21-/m0/s1. The smallest absolute Gasteiger partial charge is 0.274 e. The molecule has 1 amide bonds. The molecule has 35 heavy (non-hydrogen) atoms. The molecule has 0 bridgehead atoms. The van der Waals surface area contributed by atoms with Crippen LogP contribution in [-0.2, 0) is 6.42 Å². The molecule has 0 radical (unpaired) electrons. The summed E-state index contributed by atoms with van der Waals surface area (Å²) in [5.41, 5.74) is 9.51. The van der Waals surface area contributed by atoms with E-state index in [-0.39, 0.29) is 24.1 Å². The summed E-state index contributed by atoms with van der Waals surface area (Å²) < 4.78 is 16.5. The van der Waals surface area contributed by atoms with Crippen LogP contribution >= 0.6 is 0 Å². The third-order valence-corrected chi connectivity index (χ3v) is 6.81. The number of aromatic nitrogens is 2. The first kappa shape index (κ1) is 23.2. The number of hydrogen-bond donors (Lipinski definition) is 2. The van der Waals surface area contributed by atoms with E-state index < -0.39 is 5.82 Å². The number of halogens is 1. The highest BCUT2D eigenvalue weighted by Crippen LogP contribution is 2.40. The Morgan fingerprint density at radius 3 is 2.57 bits per heavy atom. The maximum absolute atomic E-state index is 14.6. The number of nitrogens with zero attached hydrogens (tertiary/aromatic N) is 4. The van der Waals surface area contributed by atoms with E-state index in [2.05, 4.69) is 12.1 Å². The van der Waals surface area contributed by atoms with E-state index in [1.54, 1.807) is 11.0 Å². The minimum absolute atomic E-state index is 0.0329. The van der Waals surface area contributed by atoms with Gasteiger partial charge in [0.15, 0.2) is 5.69 Å². The lowest BCUT2D eigenvalue weighted by atomic mass is 10.1. The molecule has 5 rings (SSSR count). The molecule has 7 nitrogen and oxygen atoms in total. The molecule has 1 saturated carbocycles. The van der Waals surface area contributed by atoms with Crippen molar-refractivity contribution in [2.75, 3.05) is 19.7 Å². The minimum atomic E-state index is -0.640. The van der Waals surface area contributed by atoms with Gasteiger partial charge < -0.3 is 15.7 Å². The number of aliphatic hydroxyl groups excluding tert-OH is 1. The van der Waals surface area contributed by atoms with E-state index in [1.165, 1.54) is 30.5 Å². The van der Waals surface area contributed by atoms with Gasteiger partial charge in [-0.25, -0.2) is 9.37 Å². The minimum Gasteiger partial charge on any atom is -0.396 e. The Bertz CT molecular complexity index is 1290. The number of nitrogens with two attached hydrogens (primary N) is 1. The number of benzene rings is 2. The second kappa shape index (κ2) is 9.61. The molecule has 1 aliphatic carbocycles. The first-order chi connectivity index (χ1) is 17.0. The number of hydrogen-bond acceptors (Lipinski definition) is 5. The van der Waals surface area contributed by atoms with Crippen LogP contribution in [0.2, 0.25) is 0 Å². The maximum atomic E-state index is 14.6. The van der Waals surface area contributed by atoms with Crippen LogP contribution in [0.3, 0.4) is 0 Å². The summed E-state index contributed by atoms with van der Waals surface area (Å²) in [7, 11) is 0. The highest BCUT2D eigenvalue weighted by Gasteiger charge is 2.31. The Morgan fingerprint density at radius 1 is 1.20 bits per heavy atom. The predicted molar refractivity (Wildman–Crippen MR) is 130 cm³/mol. The molecule has 1 atom stereocenters. The van der Waals surface area contributed by atoms with Crippen LogP contribution in [-0.4, -0.2) is 51.2 Å². The van der Waals surface area contributed by atoms with Gasteiger partial charge in [0.05, 0.1) is 11.3 Å². The molecule has 2 fully saturated rings. The number of nitriles is 1. The molecule has 3 N–H and O–H groups in total. The fourth-order valence-electron chi connectivity index (χ4n) is 4.75. The number of carbonyl (C=O) groups excluding carboxylic acids is 1.